The summed E-state index contributed by atoms with van der Waals surface area (Å²) in [5.41, 5.74) is 2.03. The van der Waals surface area contributed by atoms with Gasteiger partial charge < -0.3 is 24.0 Å². The molecule has 2 atom stereocenters. The highest BCUT2D eigenvalue weighted by atomic mass is 16.6. The fourth-order valence-electron chi connectivity index (χ4n) is 4.15. The zero-order chi connectivity index (χ0) is 24.3. The molecule has 2 unspecified atom stereocenters. The molecule has 7 nitrogen and oxygen atoms in total. The maximum absolute atomic E-state index is 11.9. The normalized spacial score (nSPS) is 20.3. The molecule has 2 amide bonds. The molecule has 0 saturated carbocycles. The van der Waals surface area contributed by atoms with Crippen molar-refractivity contribution >= 4 is 12.2 Å². The van der Waals surface area contributed by atoms with Crippen LogP contribution in [0.2, 0.25) is 0 Å². The summed E-state index contributed by atoms with van der Waals surface area (Å²) < 4.78 is 16.0. The molecule has 3 heterocycles. The monoisotopic (exact) mass is 494 g/mol. The van der Waals surface area contributed by atoms with Crippen molar-refractivity contribution in [3.05, 3.63) is 83.9 Å². The van der Waals surface area contributed by atoms with Gasteiger partial charge in [0, 0.05) is 19.6 Å². The molecule has 2 aromatic carbocycles. The van der Waals surface area contributed by atoms with Crippen LogP contribution in [0.3, 0.4) is 0 Å². The van der Waals surface area contributed by atoms with Gasteiger partial charge in [-0.1, -0.05) is 80.2 Å². The number of hydrogen-bond donors (Lipinski definition) is 0. The van der Waals surface area contributed by atoms with Crippen LogP contribution in [0.15, 0.2) is 72.8 Å². The van der Waals surface area contributed by atoms with E-state index in [0.717, 1.165) is 49.9 Å². The number of fused-ring (bicyclic) bond motifs is 1. The molecule has 0 radical (unpaired) electrons. The van der Waals surface area contributed by atoms with Crippen LogP contribution >= 0.6 is 0 Å². The lowest BCUT2D eigenvalue weighted by molar-refractivity contribution is 0.0922. The van der Waals surface area contributed by atoms with Gasteiger partial charge in [0.2, 0.25) is 0 Å². The van der Waals surface area contributed by atoms with Gasteiger partial charge in [0.05, 0.1) is 12.6 Å². The number of ether oxygens (including phenoxy) is 3. The number of epoxide rings is 1. The highest BCUT2D eigenvalue weighted by Gasteiger charge is 2.42. The third-order valence-corrected chi connectivity index (χ3v) is 6.22. The molecule has 0 aliphatic carbocycles. The molecule has 2 aromatic rings. The molecule has 0 aromatic heterocycles. The van der Waals surface area contributed by atoms with E-state index in [9.17, 15) is 9.59 Å². The zero-order valence-electron chi connectivity index (χ0n) is 20.1. The molecule has 7 heteroatoms. The predicted molar refractivity (Wildman–Crippen MR) is 139 cm³/mol. The molecular formula is C29H38N2O5. The minimum atomic E-state index is -0.227. The van der Waals surface area contributed by atoms with Gasteiger partial charge in [-0.15, -0.1) is 0 Å². The predicted octanol–water partition coefficient (Wildman–Crippen LogP) is 5.80. The van der Waals surface area contributed by atoms with Gasteiger partial charge in [-0.25, -0.2) is 9.59 Å². The van der Waals surface area contributed by atoms with Crippen LogP contribution in [-0.4, -0.2) is 60.4 Å². The first-order chi connectivity index (χ1) is 17.2. The minimum absolute atomic E-state index is 0. The number of rotatable bonds is 4. The lowest BCUT2D eigenvalue weighted by atomic mass is 10.2. The van der Waals surface area contributed by atoms with Crippen molar-refractivity contribution in [3.8, 4) is 0 Å². The summed E-state index contributed by atoms with van der Waals surface area (Å²) >= 11 is 0. The van der Waals surface area contributed by atoms with E-state index < -0.39 is 0 Å². The number of hydrogen-bond acceptors (Lipinski definition) is 5. The van der Waals surface area contributed by atoms with Crippen molar-refractivity contribution in [3.63, 3.8) is 0 Å². The van der Waals surface area contributed by atoms with Gasteiger partial charge in [0.1, 0.15) is 19.3 Å². The van der Waals surface area contributed by atoms with E-state index >= 15 is 0 Å². The average molecular weight is 495 g/mol. The Morgan fingerprint density at radius 3 is 2.00 bits per heavy atom. The van der Waals surface area contributed by atoms with Crippen molar-refractivity contribution in [2.45, 2.75) is 58.5 Å². The van der Waals surface area contributed by atoms with Crippen molar-refractivity contribution in [2.24, 2.45) is 0 Å². The molecule has 3 aliphatic heterocycles. The van der Waals surface area contributed by atoms with Crippen LogP contribution in [0.1, 0.15) is 44.2 Å². The first-order valence-electron chi connectivity index (χ1n) is 12.4. The van der Waals surface area contributed by atoms with Crippen molar-refractivity contribution in [2.75, 3.05) is 26.2 Å². The van der Waals surface area contributed by atoms with Crippen molar-refractivity contribution in [1.82, 2.24) is 9.80 Å². The van der Waals surface area contributed by atoms with Crippen LogP contribution < -0.4 is 0 Å². The lowest BCUT2D eigenvalue weighted by Gasteiger charge is -2.20. The summed E-state index contributed by atoms with van der Waals surface area (Å²) in [7, 11) is 0. The molecule has 5 rings (SSSR count). The molecule has 194 valence electrons. The summed E-state index contributed by atoms with van der Waals surface area (Å²) in [6, 6.07) is 19.5. The van der Waals surface area contributed by atoms with Crippen LogP contribution in [0.4, 0.5) is 9.59 Å². The Labute approximate surface area is 214 Å². The molecule has 0 N–H and O–H groups in total. The third kappa shape index (κ3) is 8.72. The van der Waals surface area contributed by atoms with Gasteiger partial charge in [0.25, 0.3) is 0 Å². The Morgan fingerprint density at radius 1 is 0.778 bits per heavy atom. The first kappa shape index (κ1) is 27.3. The standard InChI is InChI=1S/C14H17NO3.C14H17NO2.CH4/c16-14(17-10-11-5-2-1-3-6-11)15-8-4-7-12-13(9-15)18-12;16-14(15-10-6-1-2-7-11-15)17-12-13-8-4-3-5-9-13;/h1-3,5-6,12-13H,4,7-10H2;1,3-6,8-9H,2,7,10-12H2;1H4. The highest BCUT2D eigenvalue weighted by Crippen LogP contribution is 2.30. The Balaban J connectivity index is 0.000000196. The number of benzene rings is 2. The number of carbonyl (C=O) groups excluding carboxylic acids is 2. The van der Waals surface area contributed by atoms with E-state index in [2.05, 4.69) is 6.08 Å². The van der Waals surface area contributed by atoms with Gasteiger partial charge >= 0.3 is 12.2 Å². The third-order valence-electron chi connectivity index (χ3n) is 6.22. The number of allylic oxidation sites excluding steroid dienone is 1. The Morgan fingerprint density at radius 2 is 1.36 bits per heavy atom. The lowest BCUT2D eigenvalue weighted by Crippen LogP contribution is -2.34. The Bertz CT molecular complexity index is 966. The Kier molecular flexibility index (Phi) is 10.8. The summed E-state index contributed by atoms with van der Waals surface area (Å²) in [6.07, 6.45) is 8.44. The molecule has 3 aliphatic rings. The van der Waals surface area contributed by atoms with Gasteiger partial charge in [0.15, 0.2) is 0 Å². The van der Waals surface area contributed by atoms with E-state index in [-0.39, 0.29) is 25.7 Å². The number of carbonyl (C=O) groups is 2. The second kappa shape index (κ2) is 14.3. The van der Waals surface area contributed by atoms with Crippen LogP contribution in [0.5, 0.6) is 0 Å². The topological polar surface area (TPSA) is 71.6 Å². The molecular weight excluding hydrogens is 456 g/mol. The average Bonchev–Trinajstić information content (AvgIpc) is 3.70. The van der Waals surface area contributed by atoms with E-state index in [0.29, 0.717) is 32.4 Å². The SMILES string of the molecule is C.O=C(OCc1ccccc1)N1CC=CCCC1.O=C(OCc1ccccc1)N1CCCC2OC2C1. The van der Waals surface area contributed by atoms with E-state index in [4.69, 9.17) is 14.2 Å². The fourth-order valence-corrected chi connectivity index (χ4v) is 4.15. The maximum Gasteiger partial charge on any atom is 0.410 e. The van der Waals surface area contributed by atoms with Crippen LogP contribution in [0.25, 0.3) is 0 Å². The second-order valence-corrected chi connectivity index (χ2v) is 8.94. The summed E-state index contributed by atoms with van der Waals surface area (Å²) in [4.78, 5) is 27.2. The number of nitrogens with zero attached hydrogens (tertiary/aromatic N) is 2. The molecule has 2 saturated heterocycles. The molecule has 0 bridgehead atoms. The number of amides is 2. The van der Waals surface area contributed by atoms with Crippen LogP contribution in [-0.2, 0) is 27.4 Å². The molecule has 0 spiro atoms. The van der Waals surface area contributed by atoms with Gasteiger partial charge in [-0.3, -0.25) is 0 Å². The van der Waals surface area contributed by atoms with E-state index in [1.165, 1.54) is 0 Å². The van der Waals surface area contributed by atoms with Crippen LogP contribution in [0, 0.1) is 0 Å². The molecule has 2 fully saturated rings. The van der Waals surface area contributed by atoms with Gasteiger partial charge in [-0.05, 0) is 36.8 Å². The second-order valence-electron chi connectivity index (χ2n) is 8.94. The zero-order valence-corrected chi connectivity index (χ0v) is 20.1. The summed E-state index contributed by atoms with van der Waals surface area (Å²) in [6.45, 7) is 3.58. The van der Waals surface area contributed by atoms with Crippen molar-refractivity contribution in [1.29, 1.82) is 0 Å². The fraction of sp³-hybridized carbons (Fsp3) is 0.448. The van der Waals surface area contributed by atoms with E-state index in [1.807, 2.05) is 66.7 Å². The van der Waals surface area contributed by atoms with E-state index in [1.54, 1.807) is 9.80 Å². The highest BCUT2D eigenvalue weighted by molar-refractivity contribution is 5.68. The largest absolute Gasteiger partial charge is 0.445 e. The Hall–Kier alpha value is -3.32. The van der Waals surface area contributed by atoms with Gasteiger partial charge in [-0.2, -0.15) is 0 Å². The van der Waals surface area contributed by atoms with Crippen molar-refractivity contribution < 1.29 is 23.8 Å². The molecule has 36 heavy (non-hydrogen) atoms. The maximum atomic E-state index is 11.9. The quantitative estimate of drug-likeness (QED) is 0.397. The number of likely N-dealkylation sites (tertiary alicyclic amines) is 1. The minimum Gasteiger partial charge on any atom is -0.445 e. The summed E-state index contributed by atoms with van der Waals surface area (Å²) in [5.74, 6) is 0. The first-order valence-corrected chi connectivity index (χ1v) is 12.4. The smallest absolute Gasteiger partial charge is 0.410 e. The summed E-state index contributed by atoms with van der Waals surface area (Å²) in [5, 5.41) is 0.